The van der Waals surface area contributed by atoms with Crippen molar-refractivity contribution in [1.29, 1.82) is 0 Å². The van der Waals surface area contributed by atoms with Crippen LogP contribution in [0.4, 0.5) is 0 Å². The monoisotopic (exact) mass is 404 g/mol. The van der Waals surface area contributed by atoms with Crippen molar-refractivity contribution in [2.24, 2.45) is 0 Å². The van der Waals surface area contributed by atoms with Gasteiger partial charge in [-0.15, -0.1) is 0 Å². The Hall–Kier alpha value is -2.05. The van der Waals surface area contributed by atoms with Crippen LogP contribution in [-0.2, 0) is 12.8 Å². The van der Waals surface area contributed by atoms with Gasteiger partial charge in [0, 0.05) is 5.56 Å². The van der Waals surface area contributed by atoms with E-state index in [4.69, 9.17) is 11.6 Å². The van der Waals surface area contributed by atoms with Crippen molar-refractivity contribution in [3.63, 3.8) is 0 Å². The van der Waals surface area contributed by atoms with Crippen LogP contribution >= 0.6 is 11.6 Å². The van der Waals surface area contributed by atoms with Crippen molar-refractivity contribution in [1.82, 2.24) is 0 Å². The topological polar surface area (TPSA) is 0 Å². The second kappa shape index (κ2) is 11.2. The predicted octanol–water partition coefficient (Wildman–Crippen LogP) is 9.14. The second-order valence-corrected chi connectivity index (χ2v) is 8.35. The molecule has 0 unspecified atom stereocenters. The Morgan fingerprint density at radius 3 is 1.76 bits per heavy atom. The normalized spacial score (nSPS) is 11.0. The minimum atomic E-state index is 0.910. The first kappa shape index (κ1) is 21.7. The molecule has 152 valence electrons. The number of benzene rings is 3. The number of aryl methyl sites for hydroxylation is 2. The highest BCUT2D eigenvalue weighted by Gasteiger charge is 2.08. The van der Waals surface area contributed by atoms with Gasteiger partial charge in [-0.05, 0) is 53.5 Å². The van der Waals surface area contributed by atoms with E-state index in [0.29, 0.717) is 0 Å². The van der Waals surface area contributed by atoms with E-state index >= 15 is 0 Å². The van der Waals surface area contributed by atoms with Crippen LogP contribution < -0.4 is 0 Å². The van der Waals surface area contributed by atoms with Crippen molar-refractivity contribution in [3.8, 4) is 22.3 Å². The van der Waals surface area contributed by atoms with Gasteiger partial charge < -0.3 is 0 Å². The summed E-state index contributed by atoms with van der Waals surface area (Å²) in [5, 5.41) is 0.910. The smallest absolute Gasteiger partial charge is 0.0516 e. The molecule has 0 saturated carbocycles. The molecular weight excluding hydrogens is 372 g/mol. The fraction of sp³-hybridized carbons (Fsp3) is 0.357. The SMILES string of the molecule is CCCCCc1ccc(-c2ccc(-c3cccc(CCCCC)c3Cl)cc2)cc1. The van der Waals surface area contributed by atoms with Gasteiger partial charge in [-0.25, -0.2) is 0 Å². The Balaban J connectivity index is 1.72. The van der Waals surface area contributed by atoms with Gasteiger partial charge in [0.1, 0.15) is 0 Å². The van der Waals surface area contributed by atoms with E-state index in [-0.39, 0.29) is 0 Å². The molecule has 0 N–H and O–H groups in total. The molecular formula is C28H33Cl. The highest BCUT2D eigenvalue weighted by Crippen LogP contribution is 2.33. The molecule has 3 aromatic rings. The molecule has 0 atom stereocenters. The third-order valence-electron chi connectivity index (χ3n) is 5.68. The Bertz CT molecular complexity index is 875. The lowest BCUT2D eigenvalue weighted by atomic mass is 9.97. The van der Waals surface area contributed by atoms with Gasteiger partial charge in [0.15, 0.2) is 0 Å². The Morgan fingerprint density at radius 2 is 1.14 bits per heavy atom. The standard InChI is InChI=1S/C28H33Cl/c1-3-5-7-10-22-14-16-23(17-15-22)24-18-20-25(21-19-24)27-13-9-12-26(28(27)29)11-8-6-4-2/h9,12-21H,3-8,10-11H2,1-2H3. The zero-order chi connectivity index (χ0) is 20.5. The number of hydrogen-bond acceptors (Lipinski definition) is 0. The third kappa shape index (κ3) is 5.97. The van der Waals surface area contributed by atoms with Gasteiger partial charge in [-0.2, -0.15) is 0 Å². The fourth-order valence-corrected chi connectivity index (χ4v) is 4.18. The summed E-state index contributed by atoms with van der Waals surface area (Å²) in [6.07, 6.45) is 9.80. The third-order valence-corrected chi connectivity index (χ3v) is 6.13. The minimum Gasteiger partial charge on any atom is -0.0834 e. The first-order chi connectivity index (χ1) is 14.2. The molecule has 0 saturated heterocycles. The molecule has 0 spiro atoms. The highest BCUT2D eigenvalue weighted by atomic mass is 35.5. The lowest BCUT2D eigenvalue weighted by molar-refractivity contribution is 0.717. The van der Waals surface area contributed by atoms with E-state index in [9.17, 15) is 0 Å². The van der Waals surface area contributed by atoms with Gasteiger partial charge in [0.25, 0.3) is 0 Å². The van der Waals surface area contributed by atoms with Crippen LogP contribution in [0.25, 0.3) is 22.3 Å². The highest BCUT2D eigenvalue weighted by molar-refractivity contribution is 6.34. The number of unbranched alkanes of at least 4 members (excludes halogenated alkanes) is 4. The van der Waals surface area contributed by atoms with Crippen LogP contribution in [0.1, 0.15) is 63.5 Å². The largest absolute Gasteiger partial charge is 0.0834 e. The molecule has 0 amide bonds. The number of halogens is 1. The number of rotatable bonds is 10. The number of hydrogen-bond donors (Lipinski definition) is 0. The molecule has 0 radical (unpaired) electrons. The first-order valence-electron chi connectivity index (χ1n) is 11.2. The summed E-state index contributed by atoms with van der Waals surface area (Å²) in [6.45, 7) is 4.49. The molecule has 0 aliphatic carbocycles. The van der Waals surface area contributed by atoms with Gasteiger partial charge in [0.05, 0.1) is 5.02 Å². The Kier molecular flexibility index (Phi) is 8.38. The molecule has 0 aliphatic heterocycles. The quantitative estimate of drug-likeness (QED) is 0.295. The zero-order valence-electron chi connectivity index (χ0n) is 17.9. The Morgan fingerprint density at radius 1 is 0.586 bits per heavy atom. The molecule has 0 aromatic heterocycles. The van der Waals surface area contributed by atoms with Crippen molar-refractivity contribution in [3.05, 3.63) is 82.9 Å². The van der Waals surface area contributed by atoms with E-state index < -0.39 is 0 Å². The van der Waals surface area contributed by atoms with Crippen molar-refractivity contribution in [2.45, 2.75) is 65.2 Å². The minimum absolute atomic E-state index is 0.910. The van der Waals surface area contributed by atoms with Crippen LogP contribution in [0.5, 0.6) is 0 Å². The van der Waals surface area contributed by atoms with Crippen LogP contribution in [-0.4, -0.2) is 0 Å². The van der Waals surface area contributed by atoms with Gasteiger partial charge in [0.2, 0.25) is 0 Å². The van der Waals surface area contributed by atoms with Crippen LogP contribution in [0, 0.1) is 0 Å². The molecule has 0 bridgehead atoms. The van der Waals surface area contributed by atoms with E-state index in [1.807, 2.05) is 0 Å². The van der Waals surface area contributed by atoms with Gasteiger partial charge >= 0.3 is 0 Å². The summed E-state index contributed by atoms with van der Waals surface area (Å²) in [5.41, 5.74) is 7.55. The molecule has 0 nitrogen and oxygen atoms in total. The summed E-state index contributed by atoms with van der Waals surface area (Å²) in [6, 6.07) is 24.3. The maximum atomic E-state index is 6.75. The lowest BCUT2D eigenvalue weighted by Gasteiger charge is -2.11. The van der Waals surface area contributed by atoms with Crippen molar-refractivity contribution in [2.75, 3.05) is 0 Å². The Labute approximate surface area is 181 Å². The van der Waals surface area contributed by atoms with Crippen LogP contribution in [0.15, 0.2) is 66.7 Å². The van der Waals surface area contributed by atoms with Crippen molar-refractivity contribution >= 4 is 11.6 Å². The summed E-state index contributed by atoms with van der Waals surface area (Å²) < 4.78 is 0. The maximum Gasteiger partial charge on any atom is 0.0516 e. The van der Waals surface area contributed by atoms with E-state index in [2.05, 4.69) is 80.6 Å². The van der Waals surface area contributed by atoms with E-state index in [0.717, 1.165) is 17.0 Å². The summed E-state index contributed by atoms with van der Waals surface area (Å²) in [4.78, 5) is 0. The maximum absolute atomic E-state index is 6.75. The second-order valence-electron chi connectivity index (χ2n) is 7.97. The van der Waals surface area contributed by atoms with E-state index in [1.165, 1.54) is 72.8 Å². The molecule has 3 aromatic carbocycles. The lowest BCUT2D eigenvalue weighted by Crippen LogP contribution is -1.90. The van der Waals surface area contributed by atoms with Crippen LogP contribution in [0.3, 0.4) is 0 Å². The summed E-state index contributed by atoms with van der Waals surface area (Å²) in [7, 11) is 0. The summed E-state index contributed by atoms with van der Waals surface area (Å²) in [5.74, 6) is 0. The first-order valence-corrected chi connectivity index (χ1v) is 11.6. The molecule has 0 heterocycles. The van der Waals surface area contributed by atoms with Crippen LogP contribution in [0.2, 0.25) is 5.02 Å². The van der Waals surface area contributed by atoms with Crippen molar-refractivity contribution < 1.29 is 0 Å². The predicted molar refractivity (Wildman–Crippen MR) is 129 cm³/mol. The molecule has 29 heavy (non-hydrogen) atoms. The molecule has 0 aliphatic rings. The average molecular weight is 405 g/mol. The molecule has 3 rings (SSSR count). The van der Waals surface area contributed by atoms with Gasteiger partial charge in [-0.1, -0.05) is 118 Å². The van der Waals surface area contributed by atoms with Gasteiger partial charge in [-0.3, -0.25) is 0 Å². The summed E-state index contributed by atoms with van der Waals surface area (Å²) >= 11 is 6.75. The molecule has 0 fully saturated rings. The van der Waals surface area contributed by atoms with E-state index in [1.54, 1.807) is 0 Å². The fourth-order valence-electron chi connectivity index (χ4n) is 3.85. The zero-order valence-corrected chi connectivity index (χ0v) is 18.6. The average Bonchev–Trinajstić information content (AvgIpc) is 2.76. The molecule has 1 heteroatoms.